The third-order valence-corrected chi connectivity index (χ3v) is 4.25. The lowest BCUT2D eigenvalue weighted by atomic mass is 10.0. The zero-order chi connectivity index (χ0) is 21.9. The number of rotatable bonds is 5. The van der Waals surface area contributed by atoms with Crippen LogP contribution >= 0.6 is 0 Å². The molecule has 7 nitrogen and oxygen atoms in total. The van der Waals surface area contributed by atoms with E-state index in [-0.39, 0.29) is 5.56 Å². The molecule has 0 bridgehead atoms. The van der Waals surface area contributed by atoms with Crippen LogP contribution in [0.15, 0.2) is 36.4 Å². The first-order valence-electron chi connectivity index (χ1n) is 8.35. The SMILES string of the molecule is Cc1cccc(C(=O)O[C@H](C)C(=O)Nc2ccc([N+](=O)[O-])cc2C(F)(F)F)c1C. The van der Waals surface area contributed by atoms with Gasteiger partial charge in [-0.2, -0.15) is 13.2 Å². The van der Waals surface area contributed by atoms with Crippen LogP contribution in [0.25, 0.3) is 0 Å². The van der Waals surface area contributed by atoms with Crippen LogP contribution in [-0.2, 0) is 15.7 Å². The molecule has 0 heterocycles. The molecule has 154 valence electrons. The van der Waals surface area contributed by atoms with Crippen LogP contribution < -0.4 is 5.32 Å². The van der Waals surface area contributed by atoms with Gasteiger partial charge in [-0.15, -0.1) is 0 Å². The zero-order valence-corrected chi connectivity index (χ0v) is 15.7. The van der Waals surface area contributed by atoms with E-state index in [0.29, 0.717) is 11.6 Å². The third-order valence-electron chi connectivity index (χ3n) is 4.25. The van der Waals surface area contributed by atoms with Crippen molar-refractivity contribution in [2.45, 2.75) is 33.1 Å². The number of nitrogens with zero attached hydrogens (tertiary/aromatic N) is 1. The second kappa shape index (κ2) is 8.29. The van der Waals surface area contributed by atoms with Gasteiger partial charge in [-0.3, -0.25) is 14.9 Å². The number of aryl methyl sites for hydroxylation is 1. The number of non-ortho nitro benzene ring substituents is 1. The van der Waals surface area contributed by atoms with Crippen LogP contribution in [0.2, 0.25) is 0 Å². The number of benzene rings is 2. The van der Waals surface area contributed by atoms with Gasteiger partial charge in [0.15, 0.2) is 6.10 Å². The largest absolute Gasteiger partial charge is 0.449 e. The van der Waals surface area contributed by atoms with E-state index in [9.17, 15) is 32.9 Å². The number of carbonyl (C=O) groups is 2. The second-order valence-corrected chi connectivity index (χ2v) is 6.27. The fraction of sp³-hybridized carbons (Fsp3) is 0.263. The number of nitro benzene ring substituents is 1. The lowest BCUT2D eigenvalue weighted by Gasteiger charge is -2.17. The molecule has 2 aromatic carbocycles. The predicted molar refractivity (Wildman–Crippen MR) is 97.5 cm³/mol. The third kappa shape index (κ3) is 5.09. The van der Waals surface area contributed by atoms with Gasteiger partial charge in [-0.1, -0.05) is 12.1 Å². The first kappa shape index (κ1) is 21.9. The predicted octanol–water partition coefficient (Wildman–Crippen LogP) is 4.41. The molecule has 1 atom stereocenters. The van der Waals surface area contributed by atoms with Crippen molar-refractivity contribution in [2.24, 2.45) is 0 Å². The maximum absolute atomic E-state index is 13.2. The molecule has 0 fully saturated rings. The minimum absolute atomic E-state index is 0.232. The number of hydrogen-bond donors (Lipinski definition) is 1. The summed E-state index contributed by atoms with van der Waals surface area (Å²) < 4.78 is 44.6. The maximum Gasteiger partial charge on any atom is 0.418 e. The molecule has 0 aliphatic carbocycles. The molecule has 0 saturated carbocycles. The van der Waals surface area contributed by atoms with Crippen molar-refractivity contribution in [1.29, 1.82) is 0 Å². The van der Waals surface area contributed by atoms with Crippen LogP contribution in [0.5, 0.6) is 0 Å². The summed E-state index contributed by atoms with van der Waals surface area (Å²) >= 11 is 0. The quantitative estimate of drug-likeness (QED) is 0.447. The highest BCUT2D eigenvalue weighted by molar-refractivity contribution is 5.98. The van der Waals surface area contributed by atoms with Gasteiger partial charge in [-0.25, -0.2) is 4.79 Å². The summed E-state index contributed by atoms with van der Waals surface area (Å²) in [5, 5.41) is 12.7. The average molecular weight is 410 g/mol. The maximum atomic E-state index is 13.2. The van der Waals surface area contributed by atoms with Crippen molar-refractivity contribution in [3.05, 3.63) is 68.8 Å². The Labute approximate surface area is 163 Å². The summed E-state index contributed by atoms with van der Waals surface area (Å²) in [7, 11) is 0. The first-order chi connectivity index (χ1) is 13.4. The number of carbonyl (C=O) groups excluding carboxylic acids is 2. The molecule has 0 aliphatic heterocycles. The molecular weight excluding hydrogens is 393 g/mol. The second-order valence-electron chi connectivity index (χ2n) is 6.27. The molecule has 0 unspecified atom stereocenters. The van der Waals surface area contributed by atoms with Crippen molar-refractivity contribution in [1.82, 2.24) is 0 Å². The van der Waals surface area contributed by atoms with Crippen molar-refractivity contribution in [2.75, 3.05) is 5.32 Å². The van der Waals surface area contributed by atoms with E-state index in [4.69, 9.17) is 4.74 Å². The molecule has 0 saturated heterocycles. The summed E-state index contributed by atoms with van der Waals surface area (Å²) in [6.07, 6.45) is -6.34. The van der Waals surface area contributed by atoms with Crippen molar-refractivity contribution < 1.29 is 32.4 Å². The fourth-order valence-electron chi connectivity index (χ4n) is 2.47. The van der Waals surface area contributed by atoms with Gasteiger partial charge in [0.25, 0.3) is 11.6 Å². The Balaban J connectivity index is 2.20. The standard InChI is InChI=1S/C19H17F3N2O5/c1-10-5-4-6-14(11(10)2)18(26)29-12(3)17(25)23-16-8-7-13(24(27)28)9-15(16)19(20,21)22/h4-9,12H,1-3H3,(H,23,25)/t12-/m1/s1. The number of esters is 1. The Morgan fingerprint density at radius 3 is 2.41 bits per heavy atom. The Morgan fingerprint density at radius 1 is 1.17 bits per heavy atom. The van der Waals surface area contributed by atoms with Gasteiger partial charge < -0.3 is 10.1 Å². The van der Waals surface area contributed by atoms with Gasteiger partial charge in [0, 0.05) is 12.1 Å². The summed E-state index contributed by atoms with van der Waals surface area (Å²) in [6.45, 7) is 4.69. The Kier molecular flexibility index (Phi) is 6.25. The van der Waals surface area contributed by atoms with E-state index in [1.54, 1.807) is 26.0 Å². The first-order valence-corrected chi connectivity index (χ1v) is 8.35. The molecule has 29 heavy (non-hydrogen) atoms. The van der Waals surface area contributed by atoms with Crippen molar-refractivity contribution in [3.63, 3.8) is 0 Å². The van der Waals surface area contributed by atoms with Gasteiger partial charge in [0.2, 0.25) is 0 Å². The fourth-order valence-corrected chi connectivity index (χ4v) is 2.47. The summed E-state index contributed by atoms with van der Waals surface area (Å²) in [4.78, 5) is 34.3. The molecule has 0 aliphatic rings. The van der Waals surface area contributed by atoms with E-state index < -0.39 is 46.0 Å². The van der Waals surface area contributed by atoms with Gasteiger partial charge in [0.1, 0.15) is 0 Å². The normalized spacial score (nSPS) is 12.2. The number of ether oxygens (including phenoxy) is 1. The zero-order valence-electron chi connectivity index (χ0n) is 15.7. The van der Waals surface area contributed by atoms with Crippen LogP contribution in [0.3, 0.4) is 0 Å². The molecule has 0 spiro atoms. The molecule has 0 aromatic heterocycles. The summed E-state index contributed by atoms with van der Waals surface area (Å²) in [6, 6.07) is 6.86. The van der Waals surface area contributed by atoms with E-state index >= 15 is 0 Å². The minimum Gasteiger partial charge on any atom is -0.449 e. The average Bonchev–Trinajstić information content (AvgIpc) is 2.62. The highest BCUT2D eigenvalue weighted by Gasteiger charge is 2.36. The van der Waals surface area contributed by atoms with Crippen LogP contribution in [-0.4, -0.2) is 22.9 Å². The number of amides is 1. The molecular formula is C19H17F3N2O5. The highest BCUT2D eigenvalue weighted by atomic mass is 19.4. The number of nitro groups is 1. The van der Waals surface area contributed by atoms with Crippen LogP contribution in [0.4, 0.5) is 24.5 Å². The van der Waals surface area contributed by atoms with Crippen LogP contribution in [0.1, 0.15) is 34.0 Å². The summed E-state index contributed by atoms with van der Waals surface area (Å²) in [5.74, 6) is -1.81. The Bertz CT molecular complexity index is 973. The molecule has 10 heteroatoms. The molecule has 1 N–H and O–H groups in total. The Morgan fingerprint density at radius 2 is 1.83 bits per heavy atom. The number of alkyl halides is 3. The van der Waals surface area contributed by atoms with Crippen molar-refractivity contribution >= 4 is 23.3 Å². The van der Waals surface area contributed by atoms with Gasteiger partial charge in [-0.05, 0) is 44.0 Å². The smallest absolute Gasteiger partial charge is 0.418 e. The number of hydrogen-bond acceptors (Lipinski definition) is 5. The molecule has 1 amide bonds. The molecule has 0 radical (unpaired) electrons. The van der Waals surface area contributed by atoms with Gasteiger partial charge in [0.05, 0.1) is 21.7 Å². The number of nitrogens with one attached hydrogen (secondary N) is 1. The van der Waals surface area contributed by atoms with E-state index in [1.807, 2.05) is 5.32 Å². The minimum atomic E-state index is -4.94. The monoisotopic (exact) mass is 410 g/mol. The number of anilines is 1. The summed E-state index contributed by atoms with van der Waals surface area (Å²) in [5.41, 5.74) is -1.12. The van der Waals surface area contributed by atoms with E-state index in [1.165, 1.54) is 13.0 Å². The highest BCUT2D eigenvalue weighted by Crippen LogP contribution is 2.37. The number of halogens is 3. The van der Waals surface area contributed by atoms with E-state index in [2.05, 4.69) is 0 Å². The topological polar surface area (TPSA) is 98.5 Å². The van der Waals surface area contributed by atoms with Gasteiger partial charge >= 0.3 is 12.1 Å². The van der Waals surface area contributed by atoms with Crippen LogP contribution in [0, 0.1) is 24.0 Å². The lowest BCUT2D eigenvalue weighted by molar-refractivity contribution is -0.385. The molecule has 2 aromatic rings. The molecule has 2 rings (SSSR count). The Hall–Kier alpha value is -3.43. The lowest BCUT2D eigenvalue weighted by Crippen LogP contribution is -2.31. The van der Waals surface area contributed by atoms with E-state index in [0.717, 1.165) is 17.7 Å². The van der Waals surface area contributed by atoms with Crippen molar-refractivity contribution in [3.8, 4) is 0 Å².